The number of hydrogen-bond donors (Lipinski definition) is 1. The minimum Gasteiger partial charge on any atom is -0.322 e. The number of rotatable bonds is 4. The summed E-state index contributed by atoms with van der Waals surface area (Å²) in [6.07, 6.45) is 0. The number of carbonyl (C=O) groups excluding carboxylic acids is 2. The van der Waals surface area contributed by atoms with E-state index >= 15 is 0 Å². The Kier molecular flexibility index (Phi) is 4.73. The summed E-state index contributed by atoms with van der Waals surface area (Å²) in [6, 6.07) is 22.5. The molecule has 0 bridgehead atoms. The van der Waals surface area contributed by atoms with Crippen LogP contribution in [0.2, 0.25) is 5.02 Å². The van der Waals surface area contributed by atoms with Gasteiger partial charge in [-0.3, -0.25) is 9.59 Å². The molecule has 0 saturated carbocycles. The molecule has 3 rings (SSSR count). The van der Waals surface area contributed by atoms with Crippen LogP contribution in [-0.2, 0) is 0 Å². The standard InChI is InChI=1S/C20H14ClNO2/c21-17-10-6-16(7-11-17)20(24)22-18-12-8-15(9-13-18)19(23)14-4-2-1-3-5-14/h1-13H,(H,22,24). The van der Waals surface area contributed by atoms with Crippen molar-refractivity contribution >= 4 is 29.0 Å². The van der Waals surface area contributed by atoms with Crippen LogP contribution in [0.4, 0.5) is 5.69 Å². The highest BCUT2D eigenvalue weighted by Crippen LogP contribution is 2.16. The minimum atomic E-state index is -0.228. The SMILES string of the molecule is O=C(Nc1ccc(C(=O)c2ccccc2)cc1)c1ccc(Cl)cc1. The molecule has 4 heteroatoms. The van der Waals surface area contributed by atoms with Crippen molar-refractivity contribution in [3.05, 3.63) is 101 Å². The molecule has 0 radical (unpaired) electrons. The molecule has 0 aliphatic rings. The predicted molar refractivity (Wildman–Crippen MR) is 95.7 cm³/mol. The summed E-state index contributed by atoms with van der Waals surface area (Å²) in [4.78, 5) is 24.5. The summed E-state index contributed by atoms with van der Waals surface area (Å²) in [6.45, 7) is 0. The van der Waals surface area contributed by atoms with Crippen LogP contribution in [0.25, 0.3) is 0 Å². The van der Waals surface area contributed by atoms with Gasteiger partial charge in [-0.2, -0.15) is 0 Å². The van der Waals surface area contributed by atoms with E-state index < -0.39 is 0 Å². The number of halogens is 1. The van der Waals surface area contributed by atoms with Crippen molar-refractivity contribution in [2.45, 2.75) is 0 Å². The van der Waals surface area contributed by atoms with E-state index in [4.69, 9.17) is 11.6 Å². The van der Waals surface area contributed by atoms with Crippen molar-refractivity contribution in [2.24, 2.45) is 0 Å². The Morgan fingerprint density at radius 1 is 0.667 bits per heavy atom. The third-order valence-electron chi connectivity index (χ3n) is 3.55. The van der Waals surface area contributed by atoms with Crippen molar-refractivity contribution in [2.75, 3.05) is 5.32 Å². The van der Waals surface area contributed by atoms with Gasteiger partial charge >= 0.3 is 0 Å². The van der Waals surface area contributed by atoms with Gasteiger partial charge in [0.15, 0.2) is 5.78 Å². The third-order valence-corrected chi connectivity index (χ3v) is 3.80. The predicted octanol–water partition coefficient (Wildman–Crippen LogP) is 4.82. The van der Waals surface area contributed by atoms with Crippen molar-refractivity contribution < 1.29 is 9.59 Å². The van der Waals surface area contributed by atoms with Crippen LogP contribution >= 0.6 is 11.6 Å². The van der Waals surface area contributed by atoms with E-state index in [1.54, 1.807) is 60.7 Å². The van der Waals surface area contributed by atoms with Crippen LogP contribution in [0, 0.1) is 0 Å². The molecular weight excluding hydrogens is 322 g/mol. The molecule has 0 aromatic heterocycles. The molecule has 1 amide bonds. The van der Waals surface area contributed by atoms with Crippen LogP contribution in [-0.4, -0.2) is 11.7 Å². The number of ketones is 1. The highest BCUT2D eigenvalue weighted by Gasteiger charge is 2.09. The molecular formula is C20H14ClNO2. The van der Waals surface area contributed by atoms with Crippen molar-refractivity contribution in [3.8, 4) is 0 Å². The fourth-order valence-electron chi connectivity index (χ4n) is 2.27. The van der Waals surface area contributed by atoms with Crippen LogP contribution < -0.4 is 5.32 Å². The molecule has 0 spiro atoms. The monoisotopic (exact) mass is 335 g/mol. The van der Waals surface area contributed by atoms with Gasteiger partial charge in [0.25, 0.3) is 5.91 Å². The lowest BCUT2D eigenvalue weighted by atomic mass is 10.0. The number of nitrogens with one attached hydrogen (secondary N) is 1. The van der Waals surface area contributed by atoms with Crippen LogP contribution in [0.15, 0.2) is 78.9 Å². The molecule has 3 aromatic rings. The molecule has 0 aliphatic carbocycles. The third kappa shape index (κ3) is 3.70. The van der Waals surface area contributed by atoms with Gasteiger partial charge < -0.3 is 5.32 Å². The van der Waals surface area contributed by atoms with E-state index in [0.29, 0.717) is 27.4 Å². The summed E-state index contributed by atoms with van der Waals surface area (Å²) >= 11 is 5.81. The van der Waals surface area contributed by atoms with Crippen molar-refractivity contribution in [1.82, 2.24) is 0 Å². The first-order chi connectivity index (χ1) is 11.6. The Morgan fingerprint density at radius 3 is 1.83 bits per heavy atom. The van der Waals surface area contributed by atoms with E-state index in [2.05, 4.69) is 5.32 Å². The first-order valence-electron chi connectivity index (χ1n) is 7.40. The zero-order valence-electron chi connectivity index (χ0n) is 12.7. The summed E-state index contributed by atoms with van der Waals surface area (Å²) < 4.78 is 0. The van der Waals surface area contributed by atoms with Gasteiger partial charge in [0.1, 0.15) is 0 Å². The molecule has 0 saturated heterocycles. The summed E-state index contributed by atoms with van der Waals surface area (Å²) in [7, 11) is 0. The molecule has 0 heterocycles. The first-order valence-corrected chi connectivity index (χ1v) is 7.78. The zero-order chi connectivity index (χ0) is 16.9. The van der Waals surface area contributed by atoms with E-state index in [1.165, 1.54) is 0 Å². The Bertz CT molecular complexity index is 856. The Labute approximate surface area is 144 Å². The van der Waals surface area contributed by atoms with E-state index in [1.807, 2.05) is 18.2 Å². The molecule has 3 nitrogen and oxygen atoms in total. The first kappa shape index (κ1) is 16.0. The van der Waals surface area contributed by atoms with Crippen LogP contribution in [0.3, 0.4) is 0 Å². The molecule has 24 heavy (non-hydrogen) atoms. The molecule has 0 unspecified atom stereocenters. The highest BCUT2D eigenvalue weighted by atomic mass is 35.5. The highest BCUT2D eigenvalue weighted by molar-refractivity contribution is 6.30. The maximum absolute atomic E-state index is 12.3. The smallest absolute Gasteiger partial charge is 0.255 e. The maximum atomic E-state index is 12.3. The van der Waals surface area contributed by atoms with Gasteiger partial charge in [-0.25, -0.2) is 0 Å². The Balaban J connectivity index is 1.72. The second kappa shape index (κ2) is 7.11. The fraction of sp³-hybridized carbons (Fsp3) is 0. The lowest BCUT2D eigenvalue weighted by Crippen LogP contribution is -2.11. The van der Waals surface area contributed by atoms with Gasteiger partial charge in [-0.15, -0.1) is 0 Å². The number of anilines is 1. The lowest BCUT2D eigenvalue weighted by molar-refractivity contribution is 0.102. The van der Waals surface area contributed by atoms with E-state index in [9.17, 15) is 9.59 Å². The number of carbonyl (C=O) groups is 2. The van der Waals surface area contributed by atoms with Gasteiger partial charge in [0.05, 0.1) is 0 Å². The van der Waals surface area contributed by atoms with E-state index in [-0.39, 0.29) is 11.7 Å². The van der Waals surface area contributed by atoms with Crippen LogP contribution in [0.5, 0.6) is 0 Å². The van der Waals surface area contributed by atoms with Crippen LogP contribution in [0.1, 0.15) is 26.3 Å². The second-order valence-electron chi connectivity index (χ2n) is 5.23. The molecule has 0 aliphatic heterocycles. The van der Waals surface area contributed by atoms with Gasteiger partial charge in [-0.1, -0.05) is 41.9 Å². The summed E-state index contributed by atoms with van der Waals surface area (Å²) in [5.41, 5.74) is 2.35. The summed E-state index contributed by atoms with van der Waals surface area (Å²) in [5, 5.41) is 3.37. The molecule has 118 valence electrons. The summed E-state index contributed by atoms with van der Waals surface area (Å²) in [5.74, 6) is -0.278. The van der Waals surface area contributed by atoms with Gasteiger partial charge in [0, 0.05) is 27.4 Å². The second-order valence-corrected chi connectivity index (χ2v) is 5.67. The minimum absolute atomic E-state index is 0.0498. The average Bonchev–Trinajstić information content (AvgIpc) is 2.63. The number of amides is 1. The normalized spacial score (nSPS) is 10.2. The van der Waals surface area contributed by atoms with Crippen molar-refractivity contribution in [3.63, 3.8) is 0 Å². The Hall–Kier alpha value is -2.91. The fourth-order valence-corrected chi connectivity index (χ4v) is 2.39. The topological polar surface area (TPSA) is 46.2 Å². The number of hydrogen-bond acceptors (Lipinski definition) is 2. The largest absolute Gasteiger partial charge is 0.322 e. The van der Waals surface area contributed by atoms with Gasteiger partial charge in [-0.05, 0) is 48.5 Å². The lowest BCUT2D eigenvalue weighted by Gasteiger charge is -2.07. The van der Waals surface area contributed by atoms with Gasteiger partial charge in [0.2, 0.25) is 0 Å². The molecule has 3 aromatic carbocycles. The molecule has 0 atom stereocenters. The quantitative estimate of drug-likeness (QED) is 0.694. The zero-order valence-corrected chi connectivity index (χ0v) is 13.5. The molecule has 1 N–H and O–H groups in total. The average molecular weight is 336 g/mol. The van der Waals surface area contributed by atoms with Crippen molar-refractivity contribution in [1.29, 1.82) is 0 Å². The Morgan fingerprint density at radius 2 is 1.21 bits per heavy atom. The van der Waals surface area contributed by atoms with E-state index in [0.717, 1.165) is 0 Å². The molecule has 0 fully saturated rings. The maximum Gasteiger partial charge on any atom is 0.255 e. The number of benzene rings is 3.